The molecule has 14 N–H and O–H groups in total. The Labute approximate surface area is 796 Å². The Morgan fingerprint density at radius 3 is 1.09 bits per heavy atom. The zero-order valence-corrected chi connectivity index (χ0v) is 79.6. The summed E-state index contributed by atoms with van der Waals surface area (Å²) < 4.78 is 140. The molecule has 10 unspecified atom stereocenters. The summed E-state index contributed by atoms with van der Waals surface area (Å²) in [6.45, 7) is 13.4. The number of rotatable bonds is 69. The molecule has 8 aliphatic rings. The number of aliphatic carboxylic acids is 1. The van der Waals surface area contributed by atoms with E-state index in [-0.39, 0.29) is 102 Å². The van der Waals surface area contributed by atoms with E-state index in [2.05, 4.69) is 16.0 Å². The van der Waals surface area contributed by atoms with Gasteiger partial charge in [-0.2, -0.15) is 9.59 Å². The number of Topliss-reactive ketones (excluding diaryl/α,β-unsaturated/α-hetero) is 1. The molecular formula is C91H159N3O42. The fraction of sp³-hybridized carbons (Fsp3) is 0.934. The van der Waals surface area contributed by atoms with Crippen molar-refractivity contribution in [2.75, 3.05) is 211 Å². The molecule has 3 amide bonds. The lowest BCUT2D eigenvalue weighted by atomic mass is 9.85. The van der Waals surface area contributed by atoms with Crippen molar-refractivity contribution in [3.05, 3.63) is 0 Å². The lowest BCUT2D eigenvalue weighted by Crippen LogP contribution is -2.67. The maximum Gasteiger partial charge on any atom is 0.373 e. The van der Waals surface area contributed by atoms with Gasteiger partial charge in [0.15, 0.2) is 37.0 Å². The second kappa shape index (κ2) is 69.5. The molecule has 0 aromatic heterocycles. The van der Waals surface area contributed by atoms with Gasteiger partial charge in [0.1, 0.15) is 98.5 Å². The number of aliphatic hydroxyl groups excluding tert-OH is 10. The molecule has 4 saturated carbocycles. The summed E-state index contributed by atoms with van der Waals surface area (Å²) in [6, 6.07) is -2.47. The number of hydrogen-bond donors (Lipinski definition) is 14. The van der Waals surface area contributed by atoms with Crippen molar-refractivity contribution < 1.29 is 203 Å². The highest BCUT2D eigenvalue weighted by molar-refractivity contribution is 5.86. The van der Waals surface area contributed by atoms with Gasteiger partial charge in [0, 0.05) is 19.4 Å². The van der Waals surface area contributed by atoms with Crippen LogP contribution in [0.4, 0.5) is 0 Å². The molecule has 45 nitrogen and oxygen atoms in total. The van der Waals surface area contributed by atoms with Gasteiger partial charge in [-0.15, -0.1) is 0 Å². The third-order valence-electron chi connectivity index (χ3n) is 25.2. The third-order valence-corrected chi connectivity index (χ3v) is 25.2. The Morgan fingerprint density at radius 1 is 0.353 bits per heavy atom. The fourth-order valence-electron chi connectivity index (χ4n) is 17.5. The quantitative estimate of drug-likeness (QED) is 0.0300. The molecular weight excluding hydrogens is 1810 g/mol. The molecule has 8 fully saturated rings. The minimum atomic E-state index is -1.65. The molecule has 790 valence electrons. The SMILES string of the molecule is CC1O[C@@H](O[C@@H]2C(C)CCC[C@H]2O[C@@H]2O[C@@H](CO)[C@H](O)C(OCCC3CCCCC3)C2NC(=O)CCC(=O)COCCOCCOCCOCCOCCOCCOCCOCCOCCOCCOCCOCCOCCOCC(=O)NCC(=O)NC2C(O[C@@H](CC3CCCCC3)C(=O)O)[C@@H](O)[C@H](CO)O[C@H]2O[C@@H]2CCCC(C)[C@H]2O[C@@H]2OC(C)[C@@H](O)[C@H](O)C2O)C(O)[C@@H](O)[C@@H]1O.O=C=O. The highest BCUT2D eigenvalue weighted by atomic mass is 16.8. The van der Waals surface area contributed by atoms with Gasteiger partial charge < -0.3 is 186 Å². The summed E-state index contributed by atoms with van der Waals surface area (Å²) in [6.07, 6.45) is -13.8. The van der Waals surface area contributed by atoms with Crippen LogP contribution in [0.3, 0.4) is 0 Å². The van der Waals surface area contributed by atoms with Crippen LogP contribution >= 0.6 is 0 Å². The van der Waals surface area contributed by atoms with Gasteiger partial charge in [-0.1, -0.05) is 90.9 Å². The first-order valence-corrected chi connectivity index (χ1v) is 48.7. The summed E-state index contributed by atoms with van der Waals surface area (Å²) in [5.41, 5.74) is 0. The topological polar surface area (TPSA) is 600 Å². The molecule has 0 aromatic carbocycles. The number of aliphatic hydroxyl groups is 10. The van der Waals surface area contributed by atoms with Crippen LogP contribution in [0, 0.1) is 23.7 Å². The maximum absolute atomic E-state index is 13.7. The first-order valence-electron chi connectivity index (χ1n) is 48.7. The number of ether oxygens (including phenoxy) is 24. The molecule has 4 heterocycles. The van der Waals surface area contributed by atoms with E-state index in [9.17, 15) is 80.1 Å². The number of carboxylic acid groups (broad SMARTS) is 1. The highest BCUT2D eigenvalue weighted by Gasteiger charge is 2.54. The Morgan fingerprint density at radius 2 is 0.706 bits per heavy atom. The number of nitrogens with one attached hydrogen (secondary N) is 3. The van der Waals surface area contributed by atoms with Crippen LogP contribution in [0.25, 0.3) is 0 Å². The Bertz CT molecular complexity index is 3190. The first-order chi connectivity index (χ1) is 65.9. The lowest BCUT2D eigenvalue weighted by Gasteiger charge is -2.48. The van der Waals surface area contributed by atoms with Gasteiger partial charge >= 0.3 is 12.1 Å². The number of carbonyl (C=O) groups is 5. The monoisotopic (exact) mass is 1970 g/mol. The van der Waals surface area contributed by atoms with Crippen molar-refractivity contribution in [2.45, 2.75) is 309 Å². The average molecular weight is 1970 g/mol. The van der Waals surface area contributed by atoms with Crippen molar-refractivity contribution in [2.24, 2.45) is 23.7 Å². The van der Waals surface area contributed by atoms with Crippen LogP contribution in [0.2, 0.25) is 0 Å². The molecule has 0 spiro atoms. The molecule has 27 atom stereocenters. The summed E-state index contributed by atoms with van der Waals surface area (Å²) >= 11 is 0. The molecule has 8 rings (SSSR count). The zero-order chi connectivity index (χ0) is 98.2. The lowest BCUT2D eigenvalue weighted by molar-refractivity contribution is -0.336. The van der Waals surface area contributed by atoms with Crippen LogP contribution in [0.1, 0.15) is 156 Å². The predicted octanol–water partition coefficient (Wildman–Crippen LogP) is -1.77. The van der Waals surface area contributed by atoms with Crippen molar-refractivity contribution in [3.8, 4) is 0 Å². The molecule has 45 heteroatoms. The molecule has 0 radical (unpaired) electrons. The second-order valence-electron chi connectivity index (χ2n) is 35.5. The normalized spacial score (nSPS) is 31.6. The van der Waals surface area contributed by atoms with Crippen LogP contribution in [-0.2, 0) is 147 Å². The Kier molecular flexibility index (Phi) is 60.6. The third kappa shape index (κ3) is 44.0. The summed E-state index contributed by atoms with van der Waals surface area (Å²) in [7, 11) is 0. The molecule has 0 aromatic rings. The van der Waals surface area contributed by atoms with Gasteiger partial charge in [0.2, 0.25) is 17.7 Å². The van der Waals surface area contributed by atoms with E-state index in [0.717, 1.165) is 77.0 Å². The average Bonchev–Trinajstić information content (AvgIpc) is 0.783. The van der Waals surface area contributed by atoms with Gasteiger partial charge in [-0.05, 0) is 76.0 Å². The van der Waals surface area contributed by atoms with E-state index in [1.165, 1.54) is 13.3 Å². The molecule has 4 aliphatic heterocycles. The molecule has 4 saturated heterocycles. The Balaban J connectivity index is 0.00000829. The Hall–Kier alpha value is -4.43. The van der Waals surface area contributed by atoms with Crippen molar-refractivity contribution in [1.82, 2.24) is 16.0 Å². The standard InChI is InChI=1S/C90H159N3O40.CO2/c1-57-13-11-19-64(82(57)132-89-80(106)78(104)74(100)59(3)125-89)128-87-72(84(76(102)67(53-94)130-87)124-24-23-61-15-7-5-8-16-61)92-69(97)22-21-63(96)55-122-49-47-120-45-43-118-41-39-116-37-35-114-33-31-112-29-27-110-25-26-111-28-30-113-32-34-115-36-38-117-40-42-119-44-46-121-48-50-123-56-71(99)91-52-70(98)93-73-85(127-66(86(108)109)51-62-17-9-6-10-18-62)77(103)68(54-95)131-88(73)129-65-20-12-14-58(2)83(65)133-90-81(107)79(105)75(101)60(4)126-90;2-1-3/h57-62,64-68,72-85,87-90,94-95,100-107H,5-56H2,1-4H3,(H,91,99)(H,92,97)(H,93,98)(H,108,109);/t57?,58?,59?,60?,64-,65-,66+,67+,68+,72?,73?,74-,75-,76+,77+,78+,79+,80?,81?,82-,83-,84?,85?,87-,88-,89+,90+;/m1./s1. The van der Waals surface area contributed by atoms with E-state index in [0.29, 0.717) is 164 Å². The van der Waals surface area contributed by atoms with Crippen LogP contribution in [0.15, 0.2) is 0 Å². The number of amides is 3. The zero-order valence-electron chi connectivity index (χ0n) is 79.6. The number of carboxylic acids is 1. The van der Waals surface area contributed by atoms with E-state index < -0.39 is 203 Å². The number of ketones is 1. The van der Waals surface area contributed by atoms with Crippen LogP contribution < -0.4 is 16.0 Å². The molecule has 136 heavy (non-hydrogen) atoms. The van der Waals surface area contributed by atoms with Crippen LogP contribution in [0.5, 0.6) is 0 Å². The smallest absolute Gasteiger partial charge is 0.373 e. The minimum Gasteiger partial charge on any atom is -0.479 e. The van der Waals surface area contributed by atoms with Gasteiger partial charge in [0.05, 0.1) is 228 Å². The fourth-order valence-corrected chi connectivity index (χ4v) is 17.5. The summed E-state index contributed by atoms with van der Waals surface area (Å²) in [5, 5.41) is 126. The molecule has 0 bridgehead atoms. The van der Waals surface area contributed by atoms with E-state index in [4.69, 9.17) is 123 Å². The van der Waals surface area contributed by atoms with Gasteiger partial charge in [-0.3, -0.25) is 19.2 Å². The van der Waals surface area contributed by atoms with Gasteiger partial charge in [0.25, 0.3) is 0 Å². The predicted molar refractivity (Wildman–Crippen MR) is 470 cm³/mol. The maximum atomic E-state index is 13.7. The first kappa shape index (κ1) is 119. The highest BCUT2D eigenvalue weighted by Crippen LogP contribution is 2.40. The van der Waals surface area contributed by atoms with Gasteiger partial charge in [-0.25, -0.2) is 4.79 Å². The summed E-state index contributed by atoms with van der Waals surface area (Å²) in [4.78, 5) is 82.2. The van der Waals surface area contributed by atoms with Crippen molar-refractivity contribution in [3.63, 3.8) is 0 Å². The van der Waals surface area contributed by atoms with Crippen LogP contribution in [-0.4, -0.2) is 456 Å². The number of hydrogen-bond acceptors (Lipinski definition) is 41. The van der Waals surface area contributed by atoms with Crippen molar-refractivity contribution >= 4 is 35.6 Å². The second-order valence-corrected chi connectivity index (χ2v) is 35.5. The van der Waals surface area contributed by atoms with E-state index in [1.807, 2.05) is 13.8 Å². The number of carbonyl (C=O) groups excluding carboxylic acids is 6. The minimum absolute atomic E-state index is 0.0383. The van der Waals surface area contributed by atoms with Crippen molar-refractivity contribution in [1.29, 1.82) is 0 Å². The molecule has 4 aliphatic carbocycles. The summed E-state index contributed by atoms with van der Waals surface area (Å²) in [5.74, 6) is -3.35. The van der Waals surface area contributed by atoms with E-state index >= 15 is 0 Å². The largest absolute Gasteiger partial charge is 0.479 e. The van der Waals surface area contributed by atoms with E-state index in [1.54, 1.807) is 6.92 Å².